The highest BCUT2D eigenvalue weighted by molar-refractivity contribution is 6.06. The maximum atomic E-state index is 13.7. The summed E-state index contributed by atoms with van der Waals surface area (Å²) in [5.74, 6) is 0.197. The number of carbonyl (C=O) groups excluding carboxylic acids is 1. The number of amides is 1. The van der Waals surface area contributed by atoms with Crippen LogP contribution in [0.2, 0.25) is 0 Å². The molecule has 0 fully saturated rings. The third-order valence-corrected chi connectivity index (χ3v) is 4.68. The molecule has 2 heterocycles. The van der Waals surface area contributed by atoms with E-state index in [0.29, 0.717) is 36.6 Å². The zero-order valence-corrected chi connectivity index (χ0v) is 14.7. The van der Waals surface area contributed by atoms with E-state index in [0.717, 1.165) is 12.1 Å². The number of hydrogen-bond acceptors (Lipinski definition) is 4. The average Bonchev–Trinajstić information content (AvgIpc) is 3.13. The largest absolute Gasteiger partial charge is 0.370 e. The van der Waals surface area contributed by atoms with Crippen molar-refractivity contribution in [2.45, 2.75) is 12.8 Å². The summed E-state index contributed by atoms with van der Waals surface area (Å²) in [4.78, 5) is 22.9. The van der Waals surface area contributed by atoms with Gasteiger partial charge >= 0.3 is 0 Å². The first-order valence-electron chi connectivity index (χ1n) is 8.91. The number of hydrogen-bond donors (Lipinski definition) is 1. The lowest BCUT2D eigenvalue weighted by Crippen LogP contribution is -2.29. The first kappa shape index (κ1) is 17.1. The van der Waals surface area contributed by atoms with Crippen molar-refractivity contribution in [2.75, 3.05) is 23.3 Å². The second-order valence-electron chi connectivity index (χ2n) is 6.39. The summed E-state index contributed by atoms with van der Waals surface area (Å²) in [7, 11) is 0. The molecule has 1 amide bonds. The number of nitrogens with zero attached hydrogens (tertiary/aromatic N) is 3. The van der Waals surface area contributed by atoms with Crippen LogP contribution in [0.3, 0.4) is 0 Å². The van der Waals surface area contributed by atoms with Gasteiger partial charge in [-0.05, 0) is 36.1 Å². The molecule has 27 heavy (non-hydrogen) atoms. The highest BCUT2D eigenvalue weighted by Crippen LogP contribution is 2.28. The van der Waals surface area contributed by atoms with Gasteiger partial charge in [0.2, 0.25) is 0 Å². The fourth-order valence-corrected chi connectivity index (χ4v) is 3.28. The number of halogens is 1. The predicted octanol–water partition coefficient (Wildman–Crippen LogP) is 3.47. The third-order valence-electron chi connectivity index (χ3n) is 4.68. The van der Waals surface area contributed by atoms with E-state index >= 15 is 0 Å². The molecule has 1 N–H and O–H groups in total. The summed E-state index contributed by atoms with van der Waals surface area (Å²) < 4.78 is 13.7. The van der Waals surface area contributed by atoms with Crippen LogP contribution in [0.4, 0.5) is 15.9 Å². The van der Waals surface area contributed by atoms with Crippen molar-refractivity contribution in [3.05, 3.63) is 83.6 Å². The maximum Gasteiger partial charge on any atom is 0.277 e. The Bertz CT molecular complexity index is 976. The lowest BCUT2D eigenvalue weighted by atomic mass is 10.1. The number of benzene rings is 2. The zero-order chi connectivity index (χ0) is 18.6. The Morgan fingerprint density at radius 2 is 1.93 bits per heavy atom. The van der Waals surface area contributed by atoms with Gasteiger partial charge in [0.15, 0.2) is 0 Å². The lowest BCUT2D eigenvalue weighted by Gasteiger charge is -2.17. The molecule has 5 nitrogen and oxygen atoms in total. The summed E-state index contributed by atoms with van der Waals surface area (Å²) in [5.41, 5.74) is 3.09. The Morgan fingerprint density at radius 3 is 2.81 bits per heavy atom. The van der Waals surface area contributed by atoms with E-state index in [1.165, 1.54) is 18.0 Å². The molecule has 3 aromatic rings. The van der Waals surface area contributed by atoms with Gasteiger partial charge in [0, 0.05) is 24.8 Å². The van der Waals surface area contributed by atoms with E-state index in [1.54, 1.807) is 23.1 Å². The molecule has 0 bridgehead atoms. The molecule has 0 spiro atoms. The summed E-state index contributed by atoms with van der Waals surface area (Å²) >= 11 is 0. The van der Waals surface area contributed by atoms with E-state index in [1.807, 2.05) is 30.3 Å². The highest BCUT2D eigenvalue weighted by Gasteiger charge is 2.26. The Hall–Kier alpha value is -3.28. The minimum Gasteiger partial charge on any atom is -0.370 e. The van der Waals surface area contributed by atoms with E-state index in [2.05, 4.69) is 15.3 Å². The predicted molar refractivity (Wildman–Crippen MR) is 102 cm³/mol. The molecule has 0 saturated carbocycles. The fourth-order valence-electron chi connectivity index (χ4n) is 3.28. The van der Waals surface area contributed by atoms with Gasteiger partial charge < -0.3 is 10.2 Å². The molecule has 0 radical (unpaired) electrons. The van der Waals surface area contributed by atoms with Gasteiger partial charge in [-0.15, -0.1) is 0 Å². The van der Waals surface area contributed by atoms with Gasteiger partial charge in [-0.3, -0.25) is 4.79 Å². The van der Waals surface area contributed by atoms with Crippen molar-refractivity contribution >= 4 is 17.4 Å². The van der Waals surface area contributed by atoms with Crippen LogP contribution in [-0.4, -0.2) is 29.0 Å². The molecule has 1 aliphatic heterocycles. The number of rotatable bonds is 5. The van der Waals surface area contributed by atoms with Gasteiger partial charge in [0.1, 0.15) is 23.7 Å². The van der Waals surface area contributed by atoms with Crippen LogP contribution in [0.15, 0.2) is 60.9 Å². The van der Waals surface area contributed by atoms with Crippen molar-refractivity contribution < 1.29 is 9.18 Å². The van der Waals surface area contributed by atoms with Gasteiger partial charge in [-0.1, -0.05) is 36.4 Å². The molecular weight excluding hydrogens is 343 g/mol. The smallest absolute Gasteiger partial charge is 0.277 e. The second-order valence-corrected chi connectivity index (χ2v) is 6.39. The third kappa shape index (κ3) is 3.65. The quantitative estimate of drug-likeness (QED) is 0.755. The molecule has 4 rings (SSSR count). The van der Waals surface area contributed by atoms with Crippen molar-refractivity contribution in [3.63, 3.8) is 0 Å². The molecule has 1 aromatic heterocycles. The van der Waals surface area contributed by atoms with Crippen LogP contribution < -0.4 is 10.2 Å². The number of nitrogens with one attached hydrogen (secondary N) is 1. The monoisotopic (exact) mass is 362 g/mol. The van der Waals surface area contributed by atoms with Crippen molar-refractivity contribution in [3.8, 4) is 0 Å². The minimum atomic E-state index is -0.217. The van der Waals surface area contributed by atoms with Crippen LogP contribution in [0, 0.1) is 5.82 Å². The average molecular weight is 362 g/mol. The maximum absolute atomic E-state index is 13.7. The molecule has 0 unspecified atom stereocenters. The lowest BCUT2D eigenvalue weighted by molar-refractivity contribution is 0.0984. The van der Waals surface area contributed by atoms with Crippen LogP contribution in [-0.2, 0) is 12.8 Å². The Labute approximate surface area is 156 Å². The minimum absolute atomic E-state index is 0.139. The highest BCUT2D eigenvalue weighted by atomic mass is 19.1. The standard InChI is InChI=1S/C21H19FN4O/c22-17-7-3-1-5-15(17)9-11-23-20-13-18(24-14-25-20)21(27)26-12-10-16-6-2-4-8-19(16)26/h1-8,13-14H,9-12H2,(H,23,24,25). The number of fused-ring (bicyclic) bond motifs is 1. The summed E-state index contributed by atoms with van der Waals surface area (Å²) in [6, 6.07) is 16.2. The van der Waals surface area contributed by atoms with Gasteiger partial charge in [-0.2, -0.15) is 0 Å². The molecule has 6 heteroatoms. The number of para-hydroxylation sites is 1. The van der Waals surface area contributed by atoms with Crippen LogP contribution in [0.5, 0.6) is 0 Å². The van der Waals surface area contributed by atoms with Crippen LogP contribution in [0.25, 0.3) is 0 Å². The first-order valence-corrected chi connectivity index (χ1v) is 8.91. The van der Waals surface area contributed by atoms with E-state index in [9.17, 15) is 9.18 Å². The normalized spacial score (nSPS) is 12.7. The zero-order valence-electron chi connectivity index (χ0n) is 14.7. The molecule has 1 aliphatic rings. The van der Waals surface area contributed by atoms with Gasteiger partial charge in [0.05, 0.1) is 0 Å². The number of aromatic nitrogens is 2. The second kappa shape index (κ2) is 7.53. The van der Waals surface area contributed by atoms with E-state index in [4.69, 9.17) is 0 Å². The van der Waals surface area contributed by atoms with Crippen molar-refractivity contribution in [1.82, 2.24) is 9.97 Å². The van der Waals surface area contributed by atoms with Gasteiger partial charge in [0.25, 0.3) is 5.91 Å². The number of anilines is 2. The molecule has 2 aromatic carbocycles. The fraction of sp³-hybridized carbons (Fsp3) is 0.190. The number of carbonyl (C=O) groups is 1. The molecule has 0 atom stereocenters. The molecule has 0 aliphatic carbocycles. The molecular formula is C21H19FN4O. The van der Waals surface area contributed by atoms with E-state index in [-0.39, 0.29) is 11.7 Å². The SMILES string of the molecule is O=C(c1cc(NCCc2ccccc2F)ncn1)N1CCc2ccccc21. The van der Waals surface area contributed by atoms with Crippen molar-refractivity contribution in [1.29, 1.82) is 0 Å². The Kier molecular flexibility index (Phi) is 4.78. The molecule has 0 saturated heterocycles. The Balaban J connectivity index is 1.43. The topological polar surface area (TPSA) is 58.1 Å². The summed E-state index contributed by atoms with van der Waals surface area (Å²) in [6.45, 7) is 1.16. The van der Waals surface area contributed by atoms with Crippen LogP contribution >= 0.6 is 0 Å². The van der Waals surface area contributed by atoms with E-state index < -0.39 is 0 Å². The first-order chi connectivity index (χ1) is 13.2. The van der Waals surface area contributed by atoms with Crippen LogP contribution in [0.1, 0.15) is 21.6 Å². The van der Waals surface area contributed by atoms with Crippen molar-refractivity contribution in [2.24, 2.45) is 0 Å². The summed E-state index contributed by atoms with van der Waals surface area (Å²) in [6.07, 6.45) is 2.75. The molecule has 136 valence electrons. The van der Waals surface area contributed by atoms with Gasteiger partial charge in [-0.25, -0.2) is 14.4 Å². The summed E-state index contributed by atoms with van der Waals surface area (Å²) in [5, 5.41) is 3.14. The Morgan fingerprint density at radius 1 is 1.11 bits per heavy atom.